The van der Waals surface area contributed by atoms with Gasteiger partial charge >= 0.3 is 6.18 Å². The number of benzene rings is 1. The van der Waals surface area contributed by atoms with E-state index in [0.29, 0.717) is 18.0 Å². The van der Waals surface area contributed by atoms with Crippen LogP contribution in [0.3, 0.4) is 0 Å². The number of alkyl halides is 3. The molecule has 188 valence electrons. The summed E-state index contributed by atoms with van der Waals surface area (Å²) in [4.78, 5) is 39.9. The number of hydrogen-bond donors (Lipinski definition) is 3. The lowest BCUT2D eigenvalue weighted by atomic mass is 10.1. The van der Waals surface area contributed by atoms with E-state index in [1.54, 1.807) is 11.0 Å². The van der Waals surface area contributed by atoms with Crippen molar-refractivity contribution >= 4 is 40.5 Å². The molecule has 4 N–H and O–H groups in total. The molecule has 35 heavy (non-hydrogen) atoms. The first-order valence-corrected chi connectivity index (χ1v) is 11.4. The molecule has 2 rings (SSSR count). The van der Waals surface area contributed by atoms with Crippen molar-refractivity contribution in [3.05, 3.63) is 63.0 Å². The third kappa shape index (κ3) is 7.15. The van der Waals surface area contributed by atoms with E-state index in [-0.39, 0.29) is 33.5 Å². The molecule has 0 radical (unpaired) electrons. The molecule has 0 fully saturated rings. The van der Waals surface area contributed by atoms with Crippen molar-refractivity contribution in [2.75, 3.05) is 18.4 Å². The smallest absolute Gasteiger partial charge is 0.402 e. The van der Waals surface area contributed by atoms with Gasteiger partial charge in [0.2, 0.25) is 0 Å². The maximum atomic E-state index is 12.7. The van der Waals surface area contributed by atoms with Crippen LogP contribution in [0.5, 0.6) is 0 Å². The molecule has 0 saturated carbocycles. The van der Waals surface area contributed by atoms with E-state index in [2.05, 4.69) is 15.8 Å². The maximum absolute atomic E-state index is 12.7. The second-order valence-electron chi connectivity index (χ2n) is 7.37. The van der Waals surface area contributed by atoms with E-state index < -0.39 is 23.6 Å². The minimum absolute atomic E-state index is 0.0474. The largest absolute Gasteiger partial charge is 0.416 e. The third-order valence-electron chi connectivity index (χ3n) is 4.87. The van der Waals surface area contributed by atoms with E-state index >= 15 is 0 Å². The summed E-state index contributed by atoms with van der Waals surface area (Å²) in [7, 11) is 0. The number of amides is 3. The molecular weight excluding hydrogens is 483 g/mol. The van der Waals surface area contributed by atoms with Gasteiger partial charge in [-0.2, -0.15) is 18.3 Å². The fraction of sp³-hybridized carbons (Fsp3) is 0.304. The van der Waals surface area contributed by atoms with Gasteiger partial charge in [-0.25, -0.2) is 5.43 Å². The van der Waals surface area contributed by atoms with Gasteiger partial charge in [0.1, 0.15) is 0 Å². The SMILES string of the molecule is CCN(CC)C(=O)c1ccc(C(=O)NN=C(C)C(C(=O)Nc2ccc(C(F)(F)F)cc2)=C(C)N)s1. The van der Waals surface area contributed by atoms with Crippen molar-refractivity contribution in [2.45, 2.75) is 33.9 Å². The van der Waals surface area contributed by atoms with Gasteiger partial charge in [0.05, 0.1) is 26.6 Å². The zero-order chi connectivity index (χ0) is 26.3. The molecule has 2 aromatic rings. The number of thiophene rings is 1. The van der Waals surface area contributed by atoms with Crippen molar-refractivity contribution < 1.29 is 27.6 Å². The zero-order valence-electron chi connectivity index (χ0n) is 19.6. The Kier molecular flexibility index (Phi) is 9.18. The summed E-state index contributed by atoms with van der Waals surface area (Å²) in [5.41, 5.74) is 7.55. The summed E-state index contributed by atoms with van der Waals surface area (Å²) in [6.45, 7) is 7.70. The second kappa shape index (κ2) is 11.6. The Morgan fingerprint density at radius 2 is 1.57 bits per heavy atom. The third-order valence-corrected chi connectivity index (χ3v) is 5.94. The number of rotatable bonds is 8. The summed E-state index contributed by atoms with van der Waals surface area (Å²) < 4.78 is 38.2. The number of hydrazone groups is 1. The van der Waals surface area contributed by atoms with Gasteiger partial charge in [-0.15, -0.1) is 11.3 Å². The highest BCUT2D eigenvalue weighted by Crippen LogP contribution is 2.30. The molecule has 0 unspecified atom stereocenters. The molecule has 3 amide bonds. The Bertz CT molecular complexity index is 1150. The normalized spacial score (nSPS) is 12.6. The number of carbonyl (C=O) groups excluding carboxylic acids is 3. The van der Waals surface area contributed by atoms with Gasteiger partial charge in [0, 0.05) is 24.5 Å². The van der Waals surface area contributed by atoms with Crippen LogP contribution in [0.2, 0.25) is 0 Å². The molecule has 1 heterocycles. The van der Waals surface area contributed by atoms with Crippen LogP contribution in [0.4, 0.5) is 18.9 Å². The number of hydrogen-bond acceptors (Lipinski definition) is 6. The van der Waals surface area contributed by atoms with Gasteiger partial charge in [-0.1, -0.05) is 0 Å². The summed E-state index contributed by atoms with van der Waals surface area (Å²) in [6.07, 6.45) is -4.50. The number of nitrogens with two attached hydrogens (primary N) is 1. The quantitative estimate of drug-likeness (QED) is 0.281. The van der Waals surface area contributed by atoms with Crippen molar-refractivity contribution in [1.82, 2.24) is 10.3 Å². The zero-order valence-corrected chi connectivity index (χ0v) is 20.4. The number of anilines is 1. The molecular formula is C23H26F3N5O3S. The Morgan fingerprint density at radius 1 is 1.00 bits per heavy atom. The number of halogens is 3. The van der Waals surface area contributed by atoms with E-state index in [4.69, 9.17) is 5.73 Å². The van der Waals surface area contributed by atoms with Crippen molar-refractivity contribution in [3.63, 3.8) is 0 Å². The highest BCUT2D eigenvalue weighted by atomic mass is 32.1. The summed E-state index contributed by atoms with van der Waals surface area (Å²) in [6, 6.07) is 6.98. The van der Waals surface area contributed by atoms with Gasteiger partial charge < -0.3 is 16.0 Å². The first-order chi connectivity index (χ1) is 16.4. The Labute approximate surface area is 204 Å². The molecule has 1 aromatic carbocycles. The fourth-order valence-corrected chi connectivity index (χ4v) is 3.92. The molecule has 8 nitrogen and oxygen atoms in total. The van der Waals surface area contributed by atoms with Crippen LogP contribution < -0.4 is 16.5 Å². The van der Waals surface area contributed by atoms with Crippen molar-refractivity contribution in [1.29, 1.82) is 0 Å². The predicted octanol–water partition coefficient (Wildman–Crippen LogP) is 4.23. The van der Waals surface area contributed by atoms with E-state index in [1.807, 2.05) is 13.8 Å². The molecule has 0 spiro atoms. The number of nitrogens with one attached hydrogen (secondary N) is 2. The standard InChI is InChI=1S/C23H26F3N5O3S/c1-5-31(6-2)22(34)18-12-11-17(35-18)20(32)30-29-14(4)19(13(3)27)21(33)28-16-9-7-15(8-10-16)23(24,25)26/h7-12H,5-6,27H2,1-4H3,(H,28,33)(H,30,32). The van der Waals surface area contributed by atoms with Crippen LogP contribution in [0.25, 0.3) is 0 Å². The van der Waals surface area contributed by atoms with Crippen molar-refractivity contribution in [2.24, 2.45) is 10.8 Å². The number of carbonyl (C=O) groups is 3. The van der Waals surface area contributed by atoms with E-state index in [1.165, 1.54) is 19.9 Å². The summed E-state index contributed by atoms with van der Waals surface area (Å²) >= 11 is 1.02. The minimum Gasteiger partial charge on any atom is -0.402 e. The molecule has 0 aliphatic carbocycles. The highest BCUT2D eigenvalue weighted by Gasteiger charge is 2.30. The van der Waals surface area contributed by atoms with Gasteiger partial charge in [0.25, 0.3) is 17.7 Å². The number of nitrogens with zero attached hydrogens (tertiary/aromatic N) is 2. The first-order valence-electron chi connectivity index (χ1n) is 10.6. The topological polar surface area (TPSA) is 117 Å². The Hall–Kier alpha value is -3.67. The molecule has 0 saturated heterocycles. The molecule has 0 atom stereocenters. The lowest BCUT2D eigenvalue weighted by Gasteiger charge is -2.17. The fourth-order valence-electron chi connectivity index (χ4n) is 3.05. The van der Waals surface area contributed by atoms with Crippen LogP contribution in [-0.2, 0) is 11.0 Å². The minimum atomic E-state index is -4.50. The molecule has 0 bridgehead atoms. The van der Waals surface area contributed by atoms with Crippen LogP contribution >= 0.6 is 11.3 Å². The van der Waals surface area contributed by atoms with Gasteiger partial charge in [-0.3, -0.25) is 14.4 Å². The molecule has 0 aliphatic rings. The molecule has 12 heteroatoms. The van der Waals surface area contributed by atoms with Crippen LogP contribution in [-0.4, -0.2) is 41.4 Å². The molecule has 0 aliphatic heterocycles. The lowest BCUT2D eigenvalue weighted by molar-refractivity contribution is -0.137. The highest BCUT2D eigenvalue weighted by molar-refractivity contribution is 7.15. The average Bonchev–Trinajstić information content (AvgIpc) is 3.28. The monoisotopic (exact) mass is 509 g/mol. The van der Waals surface area contributed by atoms with Crippen molar-refractivity contribution in [3.8, 4) is 0 Å². The summed E-state index contributed by atoms with van der Waals surface area (Å²) in [5, 5.41) is 6.40. The Balaban J connectivity index is 2.11. The van der Waals surface area contributed by atoms with E-state index in [0.717, 1.165) is 35.6 Å². The number of allylic oxidation sites excluding steroid dienone is 1. The van der Waals surface area contributed by atoms with Crippen LogP contribution in [0, 0.1) is 0 Å². The average molecular weight is 510 g/mol. The van der Waals surface area contributed by atoms with Gasteiger partial charge in [0.15, 0.2) is 0 Å². The maximum Gasteiger partial charge on any atom is 0.416 e. The molecule has 1 aromatic heterocycles. The van der Waals surface area contributed by atoms with E-state index in [9.17, 15) is 27.6 Å². The lowest BCUT2D eigenvalue weighted by Crippen LogP contribution is -2.29. The van der Waals surface area contributed by atoms with Gasteiger partial charge in [-0.05, 0) is 64.1 Å². The van der Waals surface area contributed by atoms with Crippen LogP contribution in [0.15, 0.2) is 52.8 Å². The summed E-state index contributed by atoms with van der Waals surface area (Å²) in [5.74, 6) is -1.46. The second-order valence-corrected chi connectivity index (χ2v) is 8.45. The Morgan fingerprint density at radius 3 is 2.09 bits per heavy atom. The first kappa shape index (κ1) is 27.6. The predicted molar refractivity (Wildman–Crippen MR) is 129 cm³/mol. The van der Waals surface area contributed by atoms with Crippen LogP contribution in [0.1, 0.15) is 52.6 Å².